The van der Waals surface area contributed by atoms with Crippen LogP contribution in [0.5, 0.6) is 0 Å². The lowest BCUT2D eigenvalue weighted by Gasteiger charge is -2.13. The van der Waals surface area contributed by atoms with Crippen molar-refractivity contribution in [2.45, 2.75) is 39.8 Å². The predicted molar refractivity (Wildman–Crippen MR) is 128 cm³/mol. The summed E-state index contributed by atoms with van der Waals surface area (Å²) >= 11 is 0. The molecule has 3 aromatic heterocycles. The Morgan fingerprint density at radius 1 is 1.00 bits per heavy atom. The van der Waals surface area contributed by atoms with Gasteiger partial charge in [-0.25, -0.2) is 9.78 Å². The molecule has 10 heteroatoms. The number of tetrazole rings is 1. The van der Waals surface area contributed by atoms with Gasteiger partial charge in [0.1, 0.15) is 12.2 Å². The lowest BCUT2D eigenvalue weighted by molar-refractivity contribution is 0.663. The number of aromatic nitrogens is 8. The van der Waals surface area contributed by atoms with E-state index in [1.54, 1.807) is 17.9 Å². The maximum atomic E-state index is 13.1. The van der Waals surface area contributed by atoms with Gasteiger partial charge in [0, 0.05) is 24.6 Å². The Morgan fingerprint density at radius 3 is 2.44 bits per heavy atom. The minimum Gasteiger partial charge on any atom is -0.317 e. The second-order valence-electron chi connectivity index (χ2n) is 8.36. The Kier molecular flexibility index (Phi) is 5.40. The molecule has 0 fully saturated rings. The smallest absolute Gasteiger partial charge is 0.317 e. The van der Waals surface area contributed by atoms with Crippen molar-refractivity contribution in [3.63, 3.8) is 0 Å². The fraction of sp³-hybridized carbons (Fsp3) is 0.250. The SMILES string of the molecule is CCn1c(=O)[nH]c2nc(C(C)C)n(Cc3ccc(-c4ccccc4-n4cnnn4)cc3)c2c1=O. The highest BCUT2D eigenvalue weighted by Crippen LogP contribution is 2.27. The number of fused-ring (bicyclic) bond motifs is 1. The van der Waals surface area contributed by atoms with Crippen molar-refractivity contribution in [3.05, 3.63) is 87.1 Å². The first-order chi connectivity index (χ1) is 16.5. The second kappa shape index (κ2) is 8.54. The molecule has 0 aliphatic rings. The molecule has 1 N–H and O–H groups in total. The number of imidazole rings is 1. The molecule has 0 spiro atoms. The summed E-state index contributed by atoms with van der Waals surface area (Å²) in [5, 5.41) is 11.5. The van der Waals surface area contributed by atoms with E-state index in [1.165, 1.54) is 4.57 Å². The summed E-state index contributed by atoms with van der Waals surface area (Å²) < 4.78 is 4.74. The van der Waals surface area contributed by atoms with E-state index < -0.39 is 5.69 Å². The van der Waals surface area contributed by atoms with Crippen LogP contribution in [0, 0.1) is 0 Å². The molecule has 0 unspecified atom stereocenters. The summed E-state index contributed by atoms with van der Waals surface area (Å²) in [5.74, 6) is 0.831. The summed E-state index contributed by atoms with van der Waals surface area (Å²) in [5.41, 5.74) is 3.89. The third-order valence-corrected chi connectivity index (χ3v) is 5.85. The molecule has 0 radical (unpaired) electrons. The van der Waals surface area contributed by atoms with E-state index in [0.29, 0.717) is 24.3 Å². The molecular weight excluding hydrogens is 432 g/mol. The van der Waals surface area contributed by atoms with Gasteiger partial charge in [-0.1, -0.05) is 56.3 Å². The molecule has 3 heterocycles. The number of H-pyrrole nitrogens is 1. The molecule has 0 atom stereocenters. The molecule has 5 rings (SSSR count). The van der Waals surface area contributed by atoms with Gasteiger partial charge >= 0.3 is 5.69 Å². The van der Waals surface area contributed by atoms with Crippen molar-refractivity contribution in [3.8, 4) is 16.8 Å². The molecule has 34 heavy (non-hydrogen) atoms. The van der Waals surface area contributed by atoms with E-state index in [2.05, 4.69) is 25.5 Å². The summed E-state index contributed by atoms with van der Waals surface area (Å²) in [6.45, 7) is 6.57. The van der Waals surface area contributed by atoms with E-state index in [-0.39, 0.29) is 11.5 Å². The van der Waals surface area contributed by atoms with Crippen LogP contribution in [-0.4, -0.2) is 39.3 Å². The van der Waals surface area contributed by atoms with Crippen molar-refractivity contribution in [2.75, 3.05) is 0 Å². The molecule has 0 amide bonds. The van der Waals surface area contributed by atoms with E-state index in [0.717, 1.165) is 28.2 Å². The van der Waals surface area contributed by atoms with Gasteiger partial charge in [-0.15, -0.1) is 5.10 Å². The molecule has 172 valence electrons. The molecular formula is C24H24N8O2. The Bertz CT molecular complexity index is 1570. The van der Waals surface area contributed by atoms with Gasteiger partial charge < -0.3 is 4.57 Å². The Morgan fingerprint density at radius 2 is 1.76 bits per heavy atom. The van der Waals surface area contributed by atoms with Gasteiger partial charge in [-0.3, -0.25) is 14.3 Å². The van der Waals surface area contributed by atoms with Crippen molar-refractivity contribution < 1.29 is 0 Å². The van der Waals surface area contributed by atoms with Crippen LogP contribution >= 0.6 is 0 Å². The molecule has 2 aromatic carbocycles. The monoisotopic (exact) mass is 456 g/mol. The maximum Gasteiger partial charge on any atom is 0.330 e. The number of hydrogen-bond donors (Lipinski definition) is 1. The van der Waals surface area contributed by atoms with E-state index in [4.69, 9.17) is 0 Å². The number of rotatable bonds is 6. The maximum absolute atomic E-state index is 13.1. The van der Waals surface area contributed by atoms with Crippen LogP contribution in [0.3, 0.4) is 0 Å². The number of nitrogens with one attached hydrogen (secondary N) is 1. The third kappa shape index (κ3) is 3.62. The summed E-state index contributed by atoms with van der Waals surface area (Å²) in [6.07, 6.45) is 1.57. The molecule has 0 aliphatic carbocycles. The molecule has 10 nitrogen and oxygen atoms in total. The van der Waals surface area contributed by atoms with Gasteiger partial charge in [0.05, 0.1) is 5.69 Å². The minimum atomic E-state index is -0.439. The van der Waals surface area contributed by atoms with Crippen molar-refractivity contribution in [1.82, 2.24) is 39.3 Å². The molecule has 0 aliphatic heterocycles. The van der Waals surface area contributed by atoms with Crippen LogP contribution in [0.4, 0.5) is 0 Å². The number of nitrogens with zero attached hydrogens (tertiary/aromatic N) is 7. The van der Waals surface area contributed by atoms with Crippen LogP contribution in [0.1, 0.15) is 38.1 Å². The van der Waals surface area contributed by atoms with Gasteiger partial charge in [0.2, 0.25) is 0 Å². The van der Waals surface area contributed by atoms with E-state index in [9.17, 15) is 9.59 Å². The second-order valence-corrected chi connectivity index (χ2v) is 8.36. The largest absolute Gasteiger partial charge is 0.330 e. The summed E-state index contributed by atoms with van der Waals surface area (Å²) in [7, 11) is 0. The first-order valence-corrected chi connectivity index (χ1v) is 11.1. The average Bonchev–Trinajstić information content (AvgIpc) is 3.49. The van der Waals surface area contributed by atoms with Crippen molar-refractivity contribution in [2.24, 2.45) is 0 Å². The highest BCUT2D eigenvalue weighted by Gasteiger charge is 2.19. The number of para-hydroxylation sites is 1. The van der Waals surface area contributed by atoms with Gasteiger partial charge in [-0.05, 0) is 34.5 Å². The zero-order valence-electron chi connectivity index (χ0n) is 19.1. The van der Waals surface area contributed by atoms with E-state index in [1.807, 2.05) is 66.9 Å². The third-order valence-electron chi connectivity index (χ3n) is 5.85. The predicted octanol–water partition coefficient (Wildman–Crippen LogP) is 2.72. The first kappa shape index (κ1) is 21.5. The van der Waals surface area contributed by atoms with Gasteiger partial charge in [-0.2, -0.15) is 4.68 Å². The first-order valence-electron chi connectivity index (χ1n) is 11.1. The Labute approximate surface area is 194 Å². The van der Waals surface area contributed by atoms with Crippen LogP contribution in [-0.2, 0) is 13.1 Å². The summed E-state index contributed by atoms with van der Waals surface area (Å²) in [6, 6.07) is 16.1. The fourth-order valence-corrected chi connectivity index (χ4v) is 4.21. The minimum absolute atomic E-state index is 0.0767. The van der Waals surface area contributed by atoms with E-state index >= 15 is 0 Å². The normalized spacial score (nSPS) is 11.5. The Balaban J connectivity index is 1.56. The molecule has 0 saturated heterocycles. The van der Waals surface area contributed by atoms with Crippen LogP contribution in [0.2, 0.25) is 0 Å². The topological polar surface area (TPSA) is 116 Å². The van der Waals surface area contributed by atoms with Crippen molar-refractivity contribution >= 4 is 11.2 Å². The van der Waals surface area contributed by atoms with Crippen molar-refractivity contribution in [1.29, 1.82) is 0 Å². The number of hydrogen-bond acceptors (Lipinski definition) is 6. The van der Waals surface area contributed by atoms with Crippen LogP contribution < -0.4 is 11.2 Å². The molecule has 0 saturated carbocycles. The quantitative estimate of drug-likeness (QED) is 0.420. The summed E-state index contributed by atoms with van der Waals surface area (Å²) in [4.78, 5) is 32.7. The highest BCUT2D eigenvalue weighted by atomic mass is 16.2. The standard InChI is InChI=1S/C24H24N8O2/c1-4-30-23(33)20-21(27-24(30)34)26-22(15(2)3)31(20)13-16-9-11-17(12-10-16)18-7-5-6-8-19(18)32-14-25-28-29-32/h5-12,14-15H,4,13H2,1-3H3,(H,27,34). The fourth-order valence-electron chi connectivity index (χ4n) is 4.21. The lowest BCUT2D eigenvalue weighted by atomic mass is 10.0. The highest BCUT2D eigenvalue weighted by molar-refractivity contribution is 5.73. The zero-order valence-corrected chi connectivity index (χ0v) is 19.1. The Hall–Kier alpha value is -4.34. The number of benzene rings is 2. The van der Waals surface area contributed by atoms with Gasteiger partial charge in [0.25, 0.3) is 5.56 Å². The zero-order chi connectivity index (χ0) is 23.8. The van der Waals surface area contributed by atoms with Gasteiger partial charge in [0.15, 0.2) is 11.2 Å². The van der Waals surface area contributed by atoms with Crippen LogP contribution in [0.25, 0.3) is 28.0 Å². The lowest BCUT2D eigenvalue weighted by Crippen LogP contribution is -2.35. The number of aromatic amines is 1. The molecule has 0 bridgehead atoms. The average molecular weight is 457 g/mol. The van der Waals surface area contributed by atoms with Crippen LogP contribution in [0.15, 0.2) is 64.4 Å². The molecule has 5 aromatic rings.